The molecule has 0 aliphatic rings. The van der Waals surface area contributed by atoms with E-state index in [4.69, 9.17) is 14.2 Å². The fraction of sp³-hybridized carbons (Fsp3) is 0.500. The van der Waals surface area contributed by atoms with Crippen molar-refractivity contribution in [1.82, 2.24) is 0 Å². The van der Waals surface area contributed by atoms with Crippen molar-refractivity contribution in [2.24, 2.45) is 5.92 Å². The lowest BCUT2D eigenvalue weighted by Crippen LogP contribution is -2.18. The lowest BCUT2D eigenvalue weighted by Gasteiger charge is -2.18. The second-order valence-electron chi connectivity index (χ2n) is 5.29. The Morgan fingerprint density at radius 1 is 1.23 bits per heavy atom. The standard InChI is InChI=1S/C18H26O4/c1-6-21-18(19)14(3)11-13(2)15(4)22-12-16-7-9-17(20-5)10-8-16/h7-11,13,15H,6,12H2,1-5H3/b14-11+/t13-,15-/m0/s1. The molecule has 1 aromatic rings. The van der Waals surface area contributed by atoms with Crippen molar-refractivity contribution in [3.63, 3.8) is 0 Å². The molecule has 0 aliphatic heterocycles. The van der Waals surface area contributed by atoms with Gasteiger partial charge < -0.3 is 14.2 Å². The van der Waals surface area contributed by atoms with Crippen LogP contribution in [0.4, 0.5) is 0 Å². The summed E-state index contributed by atoms with van der Waals surface area (Å²) in [4.78, 5) is 11.6. The van der Waals surface area contributed by atoms with Gasteiger partial charge >= 0.3 is 5.97 Å². The van der Waals surface area contributed by atoms with Gasteiger partial charge in [-0.3, -0.25) is 0 Å². The van der Waals surface area contributed by atoms with Crippen LogP contribution in [0.15, 0.2) is 35.9 Å². The van der Waals surface area contributed by atoms with E-state index in [1.165, 1.54) is 0 Å². The fourth-order valence-electron chi connectivity index (χ4n) is 1.94. The Morgan fingerprint density at radius 2 is 1.86 bits per heavy atom. The summed E-state index contributed by atoms with van der Waals surface area (Å²) in [6, 6.07) is 7.79. The van der Waals surface area contributed by atoms with E-state index in [0.717, 1.165) is 11.3 Å². The summed E-state index contributed by atoms with van der Waals surface area (Å²) in [6.45, 7) is 8.52. The molecule has 1 rings (SSSR count). The van der Waals surface area contributed by atoms with Gasteiger partial charge in [0.2, 0.25) is 0 Å². The van der Waals surface area contributed by atoms with Gasteiger partial charge in [0, 0.05) is 11.5 Å². The molecule has 0 aromatic heterocycles. The minimum atomic E-state index is -0.267. The van der Waals surface area contributed by atoms with Gasteiger partial charge in [0.1, 0.15) is 5.75 Å². The van der Waals surface area contributed by atoms with Gasteiger partial charge in [-0.25, -0.2) is 4.79 Å². The molecular formula is C18H26O4. The van der Waals surface area contributed by atoms with E-state index in [-0.39, 0.29) is 18.0 Å². The SMILES string of the molecule is CCOC(=O)/C(C)=C/[C@H](C)[C@H](C)OCc1ccc(OC)cc1. The van der Waals surface area contributed by atoms with Crippen molar-refractivity contribution in [3.05, 3.63) is 41.5 Å². The predicted molar refractivity (Wildman–Crippen MR) is 86.8 cm³/mol. The number of rotatable bonds is 8. The van der Waals surface area contributed by atoms with Crippen LogP contribution in [-0.4, -0.2) is 25.8 Å². The highest BCUT2D eigenvalue weighted by Gasteiger charge is 2.13. The summed E-state index contributed by atoms with van der Waals surface area (Å²) in [5.74, 6) is 0.692. The van der Waals surface area contributed by atoms with E-state index in [9.17, 15) is 4.79 Å². The van der Waals surface area contributed by atoms with E-state index < -0.39 is 0 Å². The minimum absolute atomic E-state index is 0.00600. The molecular weight excluding hydrogens is 280 g/mol. The van der Waals surface area contributed by atoms with E-state index >= 15 is 0 Å². The summed E-state index contributed by atoms with van der Waals surface area (Å²) in [6.07, 6.45) is 1.91. The molecule has 4 heteroatoms. The van der Waals surface area contributed by atoms with Gasteiger partial charge in [0.25, 0.3) is 0 Å². The zero-order valence-electron chi connectivity index (χ0n) is 14.1. The summed E-state index contributed by atoms with van der Waals surface area (Å²) >= 11 is 0. The Bertz CT molecular complexity index is 490. The molecule has 0 fully saturated rings. The second kappa shape index (κ2) is 9.26. The van der Waals surface area contributed by atoms with Crippen molar-refractivity contribution in [1.29, 1.82) is 0 Å². The molecule has 4 nitrogen and oxygen atoms in total. The largest absolute Gasteiger partial charge is 0.497 e. The number of benzene rings is 1. The van der Waals surface area contributed by atoms with Gasteiger partial charge in [0.15, 0.2) is 0 Å². The summed E-state index contributed by atoms with van der Waals surface area (Å²) < 4.78 is 16.0. The first kappa shape index (κ1) is 18.2. The van der Waals surface area contributed by atoms with Crippen LogP contribution in [0.5, 0.6) is 5.75 Å². The average Bonchev–Trinajstić information content (AvgIpc) is 2.53. The molecule has 0 amide bonds. The maximum Gasteiger partial charge on any atom is 0.333 e. The van der Waals surface area contributed by atoms with Crippen molar-refractivity contribution in [2.75, 3.05) is 13.7 Å². The second-order valence-corrected chi connectivity index (χ2v) is 5.29. The van der Waals surface area contributed by atoms with E-state index in [2.05, 4.69) is 0 Å². The molecule has 122 valence electrons. The van der Waals surface area contributed by atoms with Crippen LogP contribution in [0.2, 0.25) is 0 Å². The normalized spacial score (nSPS) is 14.3. The highest BCUT2D eigenvalue weighted by atomic mass is 16.5. The van der Waals surface area contributed by atoms with Crippen LogP contribution in [0.1, 0.15) is 33.3 Å². The highest BCUT2D eigenvalue weighted by molar-refractivity contribution is 5.87. The topological polar surface area (TPSA) is 44.8 Å². The van der Waals surface area contributed by atoms with Gasteiger partial charge in [-0.2, -0.15) is 0 Å². The first-order valence-electron chi connectivity index (χ1n) is 7.58. The molecule has 0 bridgehead atoms. The Kier molecular flexibility index (Phi) is 7.67. The molecule has 2 atom stereocenters. The summed E-state index contributed by atoms with van der Waals surface area (Å²) in [7, 11) is 1.65. The van der Waals surface area contributed by atoms with Gasteiger partial charge in [-0.05, 0) is 38.5 Å². The van der Waals surface area contributed by atoms with Gasteiger partial charge in [0.05, 0.1) is 26.4 Å². The molecule has 0 saturated carbocycles. The van der Waals surface area contributed by atoms with E-state index in [1.807, 2.05) is 44.2 Å². The van der Waals surface area contributed by atoms with Crippen LogP contribution < -0.4 is 4.74 Å². The molecule has 1 aromatic carbocycles. The molecule has 0 unspecified atom stereocenters. The zero-order chi connectivity index (χ0) is 16.5. The molecule has 0 saturated heterocycles. The van der Waals surface area contributed by atoms with Gasteiger partial charge in [-0.1, -0.05) is 25.1 Å². The molecule has 0 radical (unpaired) electrons. The highest BCUT2D eigenvalue weighted by Crippen LogP contribution is 2.16. The van der Waals surface area contributed by atoms with Crippen molar-refractivity contribution in [3.8, 4) is 5.75 Å². The fourth-order valence-corrected chi connectivity index (χ4v) is 1.94. The average molecular weight is 306 g/mol. The Balaban J connectivity index is 2.51. The maximum absolute atomic E-state index is 11.6. The lowest BCUT2D eigenvalue weighted by atomic mass is 10.0. The Labute approximate surface area is 133 Å². The number of carbonyl (C=O) groups is 1. The third-order valence-corrected chi connectivity index (χ3v) is 3.52. The first-order valence-corrected chi connectivity index (χ1v) is 7.58. The number of methoxy groups -OCH3 is 1. The monoisotopic (exact) mass is 306 g/mol. The third kappa shape index (κ3) is 5.90. The first-order chi connectivity index (χ1) is 10.5. The smallest absolute Gasteiger partial charge is 0.333 e. The molecule has 0 heterocycles. The van der Waals surface area contributed by atoms with Crippen LogP contribution in [0, 0.1) is 5.92 Å². The minimum Gasteiger partial charge on any atom is -0.497 e. The van der Waals surface area contributed by atoms with Crippen LogP contribution >= 0.6 is 0 Å². The van der Waals surface area contributed by atoms with Crippen molar-refractivity contribution >= 4 is 5.97 Å². The predicted octanol–water partition coefficient (Wildman–Crippen LogP) is 3.75. The molecule has 0 N–H and O–H groups in total. The Morgan fingerprint density at radius 3 is 2.41 bits per heavy atom. The molecule has 22 heavy (non-hydrogen) atoms. The third-order valence-electron chi connectivity index (χ3n) is 3.52. The van der Waals surface area contributed by atoms with Crippen LogP contribution in [0.3, 0.4) is 0 Å². The number of carbonyl (C=O) groups excluding carboxylic acids is 1. The van der Waals surface area contributed by atoms with Crippen molar-refractivity contribution in [2.45, 2.75) is 40.4 Å². The summed E-state index contributed by atoms with van der Waals surface area (Å²) in [5, 5.41) is 0. The molecule has 0 spiro atoms. The van der Waals surface area contributed by atoms with E-state index in [0.29, 0.717) is 18.8 Å². The van der Waals surface area contributed by atoms with Crippen LogP contribution in [-0.2, 0) is 20.9 Å². The maximum atomic E-state index is 11.6. The van der Waals surface area contributed by atoms with Gasteiger partial charge in [-0.15, -0.1) is 0 Å². The number of hydrogen-bond donors (Lipinski definition) is 0. The zero-order valence-corrected chi connectivity index (χ0v) is 14.1. The number of esters is 1. The van der Waals surface area contributed by atoms with Crippen molar-refractivity contribution < 1.29 is 19.0 Å². The lowest BCUT2D eigenvalue weighted by molar-refractivity contribution is -0.138. The van der Waals surface area contributed by atoms with Crippen LogP contribution in [0.25, 0.3) is 0 Å². The molecule has 0 aliphatic carbocycles. The quantitative estimate of drug-likeness (QED) is 0.542. The number of ether oxygens (including phenoxy) is 3. The van der Waals surface area contributed by atoms with E-state index in [1.54, 1.807) is 21.0 Å². The Hall–Kier alpha value is -1.81. The number of hydrogen-bond acceptors (Lipinski definition) is 4. The summed E-state index contributed by atoms with van der Waals surface area (Å²) in [5.41, 5.74) is 1.71.